The van der Waals surface area contributed by atoms with Crippen LogP contribution < -0.4 is 9.64 Å². The molecule has 3 aromatic carbocycles. The second-order valence-electron chi connectivity index (χ2n) is 6.78. The van der Waals surface area contributed by atoms with Crippen molar-refractivity contribution in [2.24, 2.45) is 0 Å². The molecule has 0 aliphatic carbocycles. The van der Waals surface area contributed by atoms with Crippen molar-refractivity contribution >= 4 is 11.6 Å². The van der Waals surface area contributed by atoms with Gasteiger partial charge in [0, 0.05) is 28.9 Å². The van der Waals surface area contributed by atoms with Crippen LogP contribution in [0, 0.1) is 0 Å². The lowest BCUT2D eigenvalue weighted by Gasteiger charge is -2.36. The standard InChI is InChI=1S/C22H17NO4/c1-2-23-18-6-4-3-5-15(18)22(21(23)26)16-11-13(24)7-9-19(16)27-20-10-8-14(25)12-17(20)22/h3-12,24-25H,2H2,1H3. The monoisotopic (exact) mass is 359 g/mol. The summed E-state index contributed by atoms with van der Waals surface area (Å²) in [4.78, 5) is 15.6. The quantitative estimate of drug-likeness (QED) is 0.691. The number of hydrogen-bond donors (Lipinski definition) is 2. The van der Waals surface area contributed by atoms with Crippen LogP contribution in [0.25, 0.3) is 0 Å². The van der Waals surface area contributed by atoms with E-state index in [0.717, 1.165) is 11.3 Å². The zero-order valence-corrected chi connectivity index (χ0v) is 14.6. The molecule has 3 aromatic rings. The van der Waals surface area contributed by atoms with E-state index in [1.165, 1.54) is 0 Å². The lowest BCUT2D eigenvalue weighted by atomic mass is 9.68. The summed E-state index contributed by atoms with van der Waals surface area (Å²) in [5, 5.41) is 20.3. The van der Waals surface area contributed by atoms with Gasteiger partial charge in [0.15, 0.2) is 0 Å². The Morgan fingerprint density at radius 3 is 2.07 bits per heavy atom. The minimum atomic E-state index is -1.17. The van der Waals surface area contributed by atoms with Gasteiger partial charge in [-0.2, -0.15) is 0 Å². The summed E-state index contributed by atoms with van der Waals surface area (Å²) in [5.74, 6) is 1.04. The largest absolute Gasteiger partial charge is 0.508 e. The summed E-state index contributed by atoms with van der Waals surface area (Å²) in [6.45, 7) is 2.44. The van der Waals surface area contributed by atoms with Crippen LogP contribution in [-0.2, 0) is 10.2 Å². The summed E-state index contributed by atoms with van der Waals surface area (Å²) in [6, 6.07) is 17.2. The van der Waals surface area contributed by atoms with Crippen molar-refractivity contribution in [1.82, 2.24) is 0 Å². The fraction of sp³-hybridized carbons (Fsp3) is 0.136. The minimum Gasteiger partial charge on any atom is -0.508 e. The van der Waals surface area contributed by atoms with Gasteiger partial charge in [-0.05, 0) is 49.4 Å². The highest BCUT2D eigenvalue weighted by Gasteiger charge is 2.57. The smallest absolute Gasteiger partial charge is 0.247 e. The number of ether oxygens (including phenoxy) is 1. The van der Waals surface area contributed by atoms with E-state index >= 15 is 0 Å². The Morgan fingerprint density at radius 2 is 1.48 bits per heavy atom. The van der Waals surface area contributed by atoms with E-state index in [1.807, 2.05) is 31.2 Å². The molecule has 2 heterocycles. The maximum atomic E-state index is 13.8. The van der Waals surface area contributed by atoms with Gasteiger partial charge in [0.25, 0.3) is 0 Å². The van der Waals surface area contributed by atoms with Crippen LogP contribution in [0.4, 0.5) is 5.69 Å². The molecule has 134 valence electrons. The summed E-state index contributed by atoms with van der Waals surface area (Å²) in [5.41, 5.74) is 1.63. The number of para-hydroxylation sites is 1. The number of benzene rings is 3. The minimum absolute atomic E-state index is 0.0561. The van der Waals surface area contributed by atoms with E-state index in [-0.39, 0.29) is 17.4 Å². The van der Waals surface area contributed by atoms with Gasteiger partial charge < -0.3 is 19.8 Å². The van der Waals surface area contributed by atoms with Gasteiger partial charge in [-0.3, -0.25) is 4.79 Å². The Kier molecular flexibility index (Phi) is 3.07. The first-order chi connectivity index (χ1) is 13.1. The second kappa shape index (κ2) is 5.27. The second-order valence-corrected chi connectivity index (χ2v) is 6.78. The van der Waals surface area contributed by atoms with Crippen LogP contribution in [0.15, 0.2) is 60.7 Å². The summed E-state index contributed by atoms with van der Waals surface area (Å²) >= 11 is 0. The molecule has 5 rings (SSSR count). The van der Waals surface area contributed by atoms with E-state index in [2.05, 4.69) is 0 Å². The fourth-order valence-corrected chi connectivity index (χ4v) is 4.35. The number of anilines is 1. The first kappa shape index (κ1) is 15.8. The molecule has 1 amide bonds. The van der Waals surface area contributed by atoms with Crippen molar-refractivity contribution in [2.75, 3.05) is 11.4 Å². The van der Waals surface area contributed by atoms with Crippen LogP contribution in [0.1, 0.15) is 23.6 Å². The fourth-order valence-electron chi connectivity index (χ4n) is 4.35. The Labute approximate surface area is 156 Å². The zero-order valence-electron chi connectivity index (χ0n) is 14.6. The third kappa shape index (κ3) is 1.86. The predicted octanol–water partition coefficient (Wildman–Crippen LogP) is 3.90. The van der Waals surface area contributed by atoms with Gasteiger partial charge in [0.1, 0.15) is 28.4 Å². The van der Waals surface area contributed by atoms with E-state index in [4.69, 9.17) is 4.74 Å². The Hall–Kier alpha value is -3.47. The molecule has 2 N–H and O–H groups in total. The van der Waals surface area contributed by atoms with E-state index in [0.29, 0.717) is 29.2 Å². The van der Waals surface area contributed by atoms with E-state index < -0.39 is 5.41 Å². The van der Waals surface area contributed by atoms with Crippen LogP contribution in [0.2, 0.25) is 0 Å². The predicted molar refractivity (Wildman–Crippen MR) is 101 cm³/mol. The highest BCUT2D eigenvalue weighted by molar-refractivity contribution is 6.14. The molecule has 5 heteroatoms. The molecule has 0 aromatic heterocycles. The molecular weight excluding hydrogens is 342 g/mol. The van der Waals surface area contributed by atoms with Gasteiger partial charge >= 0.3 is 0 Å². The maximum absolute atomic E-state index is 13.8. The Balaban J connectivity index is 1.96. The van der Waals surface area contributed by atoms with Crippen molar-refractivity contribution in [2.45, 2.75) is 12.3 Å². The number of amides is 1. The first-order valence-electron chi connectivity index (χ1n) is 8.83. The molecule has 27 heavy (non-hydrogen) atoms. The Bertz CT molecular complexity index is 1050. The number of aromatic hydroxyl groups is 2. The molecule has 5 nitrogen and oxygen atoms in total. The third-order valence-corrected chi connectivity index (χ3v) is 5.44. The zero-order chi connectivity index (χ0) is 18.8. The lowest BCUT2D eigenvalue weighted by molar-refractivity contribution is -0.120. The molecule has 0 unspecified atom stereocenters. The SMILES string of the molecule is CCN1C(=O)C2(c3cc(O)ccc3Oc3ccc(O)cc32)c2ccccc21. The molecule has 0 bridgehead atoms. The molecule has 0 radical (unpaired) electrons. The number of nitrogens with zero attached hydrogens (tertiary/aromatic N) is 1. The molecular formula is C22H17NO4. The lowest BCUT2D eigenvalue weighted by Crippen LogP contribution is -2.43. The van der Waals surface area contributed by atoms with E-state index in [1.54, 1.807) is 41.3 Å². The maximum Gasteiger partial charge on any atom is 0.247 e. The van der Waals surface area contributed by atoms with Gasteiger partial charge in [0.2, 0.25) is 5.91 Å². The van der Waals surface area contributed by atoms with Gasteiger partial charge in [-0.25, -0.2) is 0 Å². The number of likely N-dealkylation sites (N-methyl/N-ethyl adjacent to an activating group) is 1. The highest BCUT2D eigenvalue weighted by Crippen LogP contribution is 2.58. The average molecular weight is 359 g/mol. The number of rotatable bonds is 1. The summed E-state index contributed by atoms with van der Waals surface area (Å²) in [6.07, 6.45) is 0. The van der Waals surface area contributed by atoms with Gasteiger partial charge in [0.05, 0.1) is 0 Å². The Morgan fingerprint density at radius 1 is 0.889 bits per heavy atom. The summed E-state index contributed by atoms with van der Waals surface area (Å²) in [7, 11) is 0. The number of phenols is 2. The average Bonchev–Trinajstić information content (AvgIpc) is 2.92. The molecule has 2 aliphatic rings. The van der Waals surface area contributed by atoms with Crippen molar-refractivity contribution in [1.29, 1.82) is 0 Å². The highest BCUT2D eigenvalue weighted by atomic mass is 16.5. The van der Waals surface area contributed by atoms with Crippen molar-refractivity contribution in [3.63, 3.8) is 0 Å². The van der Waals surface area contributed by atoms with Crippen LogP contribution in [0.3, 0.4) is 0 Å². The molecule has 0 saturated carbocycles. The van der Waals surface area contributed by atoms with Crippen molar-refractivity contribution < 1.29 is 19.7 Å². The number of hydrogen-bond acceptors (Lipinski definition) is 4. The van der Waals surface area contributed by atoms with Crippen LogP contribution >= 0.6 is 0 Å². The van der Waals surface area contributed by atoms with Gasteiger partial charge in [-0.15, -0.1) is 0 Å². The van der Waals surface area contributed by atoms with Crippen molar-refractivity contribution in [3.8, 4) is 23.0 Å². The van der Waals surface area contributed by atoms with Gasteiger partial charge in [-0.1, -0.05) is 18.2 Å². The first-order valence-corrected chi connectivity index (χ1v) is 8.83. The van der Waals surface area contributed by atoms with E-state index in [9.17, 15) is 15.0 Å². The molecule has 0 fully saturated rings. The molecule has 0 saturated heterocycles. The number of phenolic OH excluding ortho intramolecular Hbond substituents is 2. The number of carbonyl (C=O) groups is 1. The molecule has 1 spiro atoms. The summed E-state index contributed by atoms with van der Waals surface area (Å²) < 4.78 is 6.01. The third-order valence-electron chi connectivity index (χ3n) is 5.44. The topological polar surface area (TPSA) is 70.0 Å². The van der Waals surface area contributed by atoms with Crippen molar-refractivity contribution in [3.05, 3.63) is 77.4 Å². The number of carbonyl (C=O) groups excluding carboxylic acids is 1. The normalized spacial score (nSPS) is 15.9. The van der Waals surface area contributed by atoms with Crippen LogP contribution in [-0.4, -0.2) is 22.7 Å². The number of fused-ring (bicyclic) bond motifs is 6. The molecule has 0 atom stereocenters. The molecule has 2 aliphatic heterocycles. The van der Waals surface area contributed by atoms with Crippen LogP contribution in [0.5, 0.6) is 23.0 Å².